The number of unbranched alkanes of at least 4 members (excludes halogenated alkanes) is 11. The van der Waals surface area contributed by atoms with Crippen LogP contribution in [0, 0.1) is 0 Å². The lowest BCUT2D eigenvalue weighted by Gasteiger charge is -2.04. The molecule has 1 aromatic carbocycles. The van der Waals surface area contributed by atoms with Crippen LogP contribution in [0.5, 0.6) is 0 Å². The van der Waals surface area contributed by atoms with E-state index in [1.807, 2.05) is 12.1 Å². The molecule has 7 nitrogen and oxygen atoms in total. The minimum absolute atomic E-state index is 0.118. The monoisotopic (exact) mass is 450 g/mol. The van der Waals surface area contributed by atoms with Gasteiger partial charge >= 0.3 is 0 Å². The highest BCUT2D eigenvalue weighted by Crippen LogP contribution is 2.18. The maximum Gasteiger partial charge on any atom is 0.258 e. The zero-order valence-electron chi connectivity index (χ0n) is 20.0. The van der Waals surface area contributed by atoms with Gasteiger partial charge in [-0.1, -0.05) is 70.4 Å². The van der Waals surface area contributed by atoms with E-state index >= 15 is 0 Å². The Balaban J connectivity index is 1.29. The van der Waals surface area contributed by atoms with Gasteiger partial charge in [-0.25, -0.2) is 4.98 Å². The SMILES string of the molecule is CCCCCCCC/C=C\CCCCCCCc1nc2ccc(-c3nn[nH]n3)cc2c(=O)[nH]1. The molecule has 0 aliphatic rings. The number of allylic oxidation sites excluding steroid dienone is 2. The molecule has 0 spiro atoms. The standard InChI is InChI=1S/C26H38N6O/c1-2-3-4-5-6-7-8-9-10-11-12-13-14-15-16-17-24-27-23-19-18-21(25-29-31-32-30-25)20-22(23)26(33)28-24/h9-10,18-20H,2-8,11-17H2,1H3,(H,27,28,33)(H,29,30,31,32)/b10-9-. The van der Waals surface area contributed by atoms with E-state index in [0.717, 1.165) is 24.2 Å². The van der Waals surface area contributed by atoms with Crippen molar-refractivity contribution in [1.82, 2.24) is 30.6 Å². The summed E-state index contributed by atoms with van der Waals surface area (Å²) in [6, 6.07) is 5.48. The van der Waals surface area contributed by atoms with E-state index < -0.39 is 0 Å². The number of nitrogens with zero attached hydrogens (tertiary/aromatic N) is 4. The molecule has 0 saturated carbocycles. The number of aromatic nitrogens is 6. The molecule has 2 heterocycles. The molecular formula is C26H38N6O. The Morgan fingerprint density at radius 3 is 2.27 bits per heavy atom. The first-order valence-corrected chi connectivity index (χ1v) is 12.7. The van der Waals surface area contributed by atoms with E-state index in [1.165, 1.54) is 77.0 Å². The molecule has 0 unspecified atom stereocenters. The molecule has 3 rings (SSSR count). The molecule has 0 saturated heterocycles. The fraction of sp³-hybridized carbons (Fsp3) is 0.577. The summed E-state index contributed by atoms with van der Waals surface area (Å²) in [6.07, 6.45) is 22.2. The highest BCUT2D eigenvalue weighted by atomic mass is 16.1. The second-order valence-electron chi connectivity index (χ2n) is 8.81. The Kier molecular flexibility index (Phi) is 10.8. The number of aromatic amines is 2. The van der Waals surface area contributed by atoms with Crippen LogP contribution in [-0.4, -0.2) is 30.6 Å². The molecule has 0 aliphatic heterocycles. The summed E-state index contributed by atoms with van der Waals surface area (Å²) in [4.78, 5) is 20.1. The molecule has 0 atom stereocenters. The molecule has 178 valence electrons. The fourth-order valence-corrected chi connectivity index (χ4v) is 4.09. The first kappa shape index (κ1) is 24.8. The molecule has 2 aromatic heterocycles. The van der Waals surface area contributed by atoms with E-state index in [-0.39, 0.29) is 5.56 Å². The van der Waals surface area contributed by atoms with Crippen LogP contribution in [0.1, 0.15) is 96.2 Å². The van der Waals surface area contributed by atoms with Crippen molar-refractivity contribution in [3.05, 3.63) is 46.5 Å². The van der Waals surface area contributed by atoms with E-state index in [1.54, 1.807) is 6.07 Å². The van der Waals surface area contributed by atoms with Crippen molar-refractivity contribution < 1.29 is 0 Å². The van der Waals surface area contributed by atoms with Crippen molar-refractivity contribution in [3.8, 4) is 11.4 Å². The molecule has 0 bridgehead atoms. The fourth-order valence-electron chi connectivity index (χ4n) is 4.09. The number of aryl methyl sites for hydroxylation is 1. The quantitative estimate of drug-likeness (QED) is 0.197. The number of tetrazole rings is 1. The third-order valence-corrected chi connectivity index (χ3v) is 6.03. The Bertz CT molecular complexity index is 1020. The second-order valence-corrected chi connectivity index (χ2v) is 8.81. The lowest BCUT2D eigenvalue weighted by atomic mass is 10.1. The van der Waals surface area contributed by atoms with Crippen LogP contribution in [0.25, 0.3) is 22.3 Å². The van der Waals surface area contributed by atoms with Crippen molar-refractivity contribution in [2.24, 2.45) is 0 Å². The van der Waals surface area contributed by atoms with Gasteiger partial charge in [0.2, 0.25) is 5.82 Å². The Hall–Kier alpha value is -2.83. The Labute approximate surface area is 196 Å². The van der Waals surface area contributed by atoms with E-state index in [4.69, 9.17) is 0 Å². The van der Waals surface area contributed by atoms with E-state index in [9.17, 15) is 4.79 Å². The largest absolute Gasteiger partial charge is 0.310 e. The highest BCUT2D eigenvalue weighted by Gasteiger charge is 2.08. The molecular weight excluding hydrogens is 412 g/mol. The maximum atomic E-state index is 12.5. The van der Waals surface area contributed by atoms with Gasteiger partial charge in [-0.2, -0.15) is 5.21 Å². The van der Waals surface area contributed by atoms with Gasteiger partial charge in [0.25, 0.3) is 5.56 Å². The maximum absolute atomic E-state index is 12.5. The van der Waals surface area contributed by atoms with Gasteiger partial charge in [-0.05, 0) is 55.5 Å². The van der Waals surface area contributed by atoms with Gasteiger partial charge in [0.1, 0.15) is 5.82 Å². The zero-order chi connectivity index (χ0) is 23.1. The number of nitrogens with one attached hydrogen (secondary N) is 2. The molecule has 7 heteroatoms. The normalized spacial score (nSPS) is 11.7. The molecule has 0 aliphatic carbocycles. The van der Waals surface area contributed by atoms with Crippen molar-refractivity contribution in [2.45, 2.75) is 96.8 Å². The van der Waals surface area contributed by atoms with Crippen LogP contribution in [0.2, 0.25) is 0 Å². The first-order valence-electron chi connectivity index (χ1n) is 12.7. The molecule has 33 heavy (non-hydrogen) atoms. The second kappa shape index (κ2) is 14.3. The van der Waals surface area contributed by atoms with Gasteiger partial charge < -0.3 is 4.98 Å². The summed E-state index contributed by atoms with van der Waals surface area (Å²) in [6.45, 7) is 2.27. The van der Waals surface area contributed by atoms with Crippen LogP contribution >= 0.6 is 0 Å². The van der Waals surface area contributed by atoms with Crippen molar-refractivity contribution in [1.29, 1.82) is 0 Å². The minimum Gasteiger partial charge on any atom is -0.310 e. The van der Waals surface area contributed by atoms with Crippen molar-refractivity contribution in [2.75, 3.05) is 0 Å². The Morgan fingerprint density at radius 2 is 1.58 bits per heavy atom. The number of fused-ring (bicyclic) bond motifs is 1. The summed E-state index contributed by atoms with van der Waals surface area (Å²) < 4.78 is 0. The van der Waals surface area contributed by atoms with Crippen LogP contribution < -0.4 is 5.56 Å². The smallest absolute Gasteiger partial charge is 0.258 e. The first-order chi connectivity index (χ1) is 16.3. The van der Waals surface area contributed by atoms with Crippen LogP contribution in [0.15, 0.2) is 35.1 Å². The average Bonchev–Trinajstić information content (AvgIpc) is 3.36. The summed E-state index contributed by atoms with van der Waals surface area (Å²) in [5, 5.41) is 14.5. The van der Waals surface area contributed by atoms with E-state index in [0.29, 0.717) is 16.7 Å². The molecule has 0 radical (unpaired) electrons. The third kappa shape index (κ3) is 8.56. The van der Waals surface area contributed by atoms with Gasteiger partial charge in [0.05, 0.1) is 10.9 Å². The van der Waals surface area contributed by atoms with E-state index in [2.05, 4.69) is 49.7 Å². The lowest BCUT2D eigenvalue weighted by molar-refractivity contribution is 0.606. The third-order valence-electron chi connectivity index (χ3n) is 6.03. The molecule has 2 N–H and O–H groups in total. The van der Waals surface area contributed by atoms with Crippen molar-refractivity contribution >= 4 is 10.9 Å². The van der Waals surface area contributed by atoms with Gasteiger partial charge in [0.15, 0.2) is 0 Å². The minimum atomic E-state index is -0.118. The highest BCUT2D eigenvalue weighted by molar-refractivity contribution is 5.82. The predicted octanol–water partition coefficient (Wildman–Crippen LogP) is 6.29. The Morgan fingerprint density at radius 1 is 0.879 bits per heavy atom. The summed E-state index contributed by atoms with van der Waals surface area (Å²) in [5.41, 5.74) is 1.33. The number of H-pyrrole nitrogens is 2. The predicted molar refractivity (Wildman–Crippen MR) is 134 cm³/mol. The zero-order valence-corrected chi connectivity index (χ0v) is 20.0. The van der Waals surface area contributed by atoms with Crippen LogP contribution in [0.3, 0.4) is 0 Å². The summed E-state index contributed by atoms with van der Waals surface area (Å²) >= 11 is 0. The summed E-state index contributed by atoms with van der Waals surface area (Å²) in [5.74, 6) is 1.23. The number of hydrogen-bond donors (Lipinski definition) is 2. The number of rotatable bonds is 16. The molecule has 0 amide bonds. The lowest BCUT2D eigenvalue weighted by Crippen LogP contribution is -2.12. The summed E-state index contributed by atoms with van der Waals surface area (Å²) in [7, 11) is 0. The topological polar surface area (TPSA) is 100 Å². The van der Waals surface area contributed by atoms with Crippen LogP contribution in [-0.2, 0) is 6.42 Å². The van der Waals surface area contributed by atoms with Gasteiger partial charge in [-0.3, -0.25) is 4.79 Å². The molecule has 3 aromatic rings. The van der Waals surface area contributed by atoms with Gasteiger partial charge in [-0.15, -0.1) is 10.2 Å². The number of benzene rings is 1. The van der Waals surface area contributed by atoms with Crippen molar-refractivity contribution in [3.63, 3.8) is 0 Å². The molecule has 0 fully saturated rings. The van der Waals surface area contributed by atoms with Crippen LogP contribution in [0.4, 0.5) is 0 Å². The number of hydrogen-bond acceptors (Lipinski definition) is 5. The van der Waals surface area contributed by atoms with Gasteiger partial charge in [0, 0.05) is 12.0 Å². The average molecular weight is 451 g/mol.